The minimum atomic E-state index is 0.683. The Hall–Kier alpha value is -2.11. The van der Waals surface area contributed by atoms with Crippen LogP contribution < -0.4 is 5.32 Å². The summed E-state index contributed by atoms with van der Waals surface area (Å²) in [7, 11) is 0. The Morgan fingerprint density at radius 2 is 1.81 bits per heavy atom. The fraction of sp³-hybridized carbons (Fsp3) is 0.188. The number of hydrogen-bond acceptors (Lipinski definition) is 5. The molecule has 0 spiro atoms. The van der Waals surface area contributed by atoms with E-state index >= 15 is 0 Å². The van der Waals surface area contributed by atoms with Crippen LogP contribution in [-0.2, 0) is 6.54 Å². The van der Waals surface area contributed by atoms with Crippen LogP contribution in [0.5, 0.6) is 0 Å². The van der Waals surface area contributed by atoms with Crippen LogP contribution in [0.3, 0.4) is 0 Å². The highest BCUT2D eigenvalue weighted by atomic mass is 32.1. The molecule has 106 valence electrons. The molecule has 3 rings (SSSR count). The van der Waals surface area contributed by atoms with E-state index in [4.69, 9.17) is 4.98 Å². The predicted octanol–water partition coefficient (Wildman–Crippen LogP) is 3.38. The van der Waals surface area contributed by atoms with Gasteiger partial charge in [0.2, 0.25) is 0 Å². The van der Waals surface area contributed by atoms with E-state index in [1.165, 1.54) is 4.88 Å². The maximum atomic E-state index is 4.76. The zero-order valence-electron chi connectivity index (χ0n) is 11.8. The fourth-order valence-corrected chi connectivity index (χ4v) is 3.04. The van der Waals surface area contributed by atoms with Crippen molar-refractivity contribution in [1.29, 1.82) is 0 Å². The monoisotopic (exact) mass is 296 g/mol. The van der Waals surface area contributed by atoms with Gasteiger partial charge in [-0.15, -0.1) is 11.3 Å². The lowest BCUT2D eigenvalue weighted by Gasteiger charge is -2.02. The summed E-state index contributed by atoms with van der Waals surface area (Å²) in [6, 6.07) is 12.1. The number of hydrogen-bond donors (Lipinski definition) is 1. The summed E-state index contributed by atoms with van der Waals surface area (Å²) in [5, 5.41) is 4.23. The molecule has 1 aromatic carbocycles. The molecular formula is C16H16N4S. The first-order valence-electron chi connectivity index (χ1n) is 6.91. The van der Waals surface area contributed by atoms with Crippen LogP contribution in [0.2, 0.25) is 0 Å². The first-order chi connectivity index (χ1) is 10.4. The second-order valence-corrected chi connectivity index (χ2v) is 5.59. The fourth-order valence-electron chi connectivity index (χ4n) is 2.04. The topological polar surface area (TPSA) is 50.7 Å². The molecule has 4 nitrogen and oxygen atoms in total. The molecule has 0 unspecified atom stereocenters. The number of nitrogens with one attached hydrogen (secondary N) is 1. The number of nitrogens with zero attached hydrogens (tertiary/aromatic N) is 3. The number of rotatable bonds is 5. The van der Waals surface area contributed by atoms with E-state index in [1.54, 1.807) is 23.7 Å². The van der Waals surface area contributed by atoms with Crippen molar-refractivity contribution in [2.24, 2.45) is 0 Å². The molecule has 0 saturated heterocycles. The molecule has 1 N–H and O–H groups in total. The van der Waals surface area contributed by atoms with Crippen LogP contribution in [0.1, 0.15) is 11.8 Å². The lowest BCUT2D eigenvalue weighted by atomic mass is 10.1. The van der Waals surface area contributed by atoms with Gasteiger partial charge in [0.1, 0.15) is 0 Å². The number of thiazole rings is 1. The lowest BCUT2D eigenvalue weighted by molar-refractivity contribution is 0.735. The molecule has 0 saturated carbocycles. The third-order valence-corrected chi connectivity index (χ3v) is 4.09. The van der Waals surface area contributed by atoms with Gasteiger partial charge >= 0.3 is 0 Å². The quantitative estimate of drug-likeness (QED) is 0.784. The molecule has 0 fully saturated rings. The van der Waals surface area contributed by atoms with Gasteiger partial charge in [0, 0.05) is 29.4 Å². The Bertz CT molecular complexity index is 695. The van der Waals surface area contributed by atoms with Crippen LogP contribution in [-0.4, -0.2) is 21.5 Å². The van der Waals surface area contributed by atoms with Crippen molar-refractivity contribution in [1.82, 2.24) is 20.3 Å². The van der Waals surface area contributed by atoms with Crippen LogP contribution >= 0.6 is 11.3 Å². The third kappa shape index (κ3) is 3.15. The highest BCUT2D eigenvalue weighted by molar-refractivity contribution is 7.15. The molecule has 5 heteroatoms. The molecule has 0 amide bonds. The van der Waals surface area contributed by atoms with Gasteiger partial charge in [0.15, 0.2) is 10.8 Å². The van der Waals surface area contributed by atoms with Gasteiger partial charge in [0.25, 0.3) is 0 Å². The van der Waals surface area contributed by atoms with Gasteiger partial charge in [-0.2, -0.15) is 0 Å². The highest BCUT2D eigenvalue weighted by Crippen LogP contribution is 2.32. The maximum absolute atomic E-state index is 4.76. The van der Waals surface area contributed by atoms with E-state index in [1.807, 2.05) is 24.3 Å². The van der Waals surface area contributed by atoms with Crippen molar-refractivity contribution in [2.45, 2.75) is 13.5 Å². The largest absolute Gasteiger partial charge is 0.312 e. The Balaban J connectivity index is 2.03. The van der Waals surface area contributed by atoms with Crippen LogP contribution in [0.25, 0.3) is 22.1 Å². The van der Waals surface area contributed by atoms with E-state index in [2.05, 4.69) is 34.3 Å². The minimum Gasteiger partial charge on any atom is -0.312 e. The Labute approximate surface area is 127 Å². The van der Waals surface area contributed by atoms with Crippen molar-refractivity contribution in [3.8, 4) is 22.1 Å². The van der Waals surface area contributed by atoms with Gasteiger partial charge in [-0.25, -0.2) is 15.0 Å². The smallest absolute Gasteiger partial charge is 0.188 e. The van der Waals surface area contributed by atoms with Gasteiger partial charge in [-0.1, -0.05) is 37.3 Å². The van der Waals surface area contributed by atoms with Crippen LogP contribution in [0.4, 0.5) is 0 Å². The number of aromatic nitrogens is 3. The SMILES string of the molecule is CCNCc1sc(-c2ncccn2)nc1-c1ccccc1. The maximum Gasteiger partial charge on any atom is 0.188 e. The lowest BCUT2D eigenvalue weighted by Crippen LogP contribution is -2.11. The summed E-state index contributed by atoms with van der Waals surface area (Å²) in [5.41, 5.74) is 2.15. The van der Waals surface area contributed by atoms with Gasteiger partial charge < -0.3 is 5.32 Å². The molecule has 3 aromatic rings. The van der Waals surface area contributed by atoms with Crippen molar-refractivity contribution >= 4 is 11.3 Å². The van der Waals surface area contributed by atoms with Gasteiger partial charge in [-0.3, -0.25) is 0 Å². The van der Waals surface area contributed by atoms with E-state index < -0.39 is 0 Å². The summed E-state index contributed by atoms with van der Waals surface area (Å²) >= 11 is 1.65. The second-order valence-electron chi connectivity index (χ2n) is 4.51. The molecular weight excluding hydrogens is 280 g/mol. The van der Waals surface area contributed by atoms with E-state index in [9.17, 15) is 0 Å². The Kier molecular flexibility index (Phi) is 4.33. The van der Waals surface area contributed by atoms with Crippen molar-refractivity contribution in [2.75, 3.05) is 6.54 Å². The number of benzene rings is 1. The first kappa shape index (κ1) is 13.9. The standard InChI is InChI=1S/C16H16N4S/c1-2-17-11-13-14(12-7-4-3-5-8-12)20-16(21-13)15-18-9-6-10-19-15/h3-10,17H,2,11H2,1H3. The molecule has 21 heavy (non-hydrogen) atoms. The van der Waals surface area contributed by atoms with E-state index in [-0.39, 0.29) is 0 Å². The van der Waals surface area contributed by atoms with Crippen LogP contribution in [0, 0.1) is 0 Å². The van der Waals surface area contributed by atoms with Crippen molar-refractivity contribution in [3.05, 3.63) is 53.7 Å². The van der Waals surface area contributed by atoms with Crippen molar-refractivity contribution < 1.29 is 0 Å². The normalized spacial score (nSPS) is 10.7. The summed E-state index contributed by atoms with van der Waals surface area (Å²) in [6.45, 7) is 3.85. The molecule has 0 aliphatic heterocycles. The highest BCUT2D eigenvalue weighted by Gasteiger charge is 2.15. The molecule has 0 bridgehead atoms. The molecule has 0 atom stereocenters. The third-order valence-electron chi connectivity index (χ3n) is 3.04. The van der Waals surface area contributed by atoms with E-state index in [0.29, 0.717) is 5.82 Å². The zero-order chi connectivity index (χ0) is 14.5. The molecule has 0 aliphatic carbocycles. The Morgan fingerprint density at radius 3 is 2.52 bits per heavy atom. The predicted molar refractivity (Wildman–Crippen MR) is 86.0 cm³/mol. The summed E-state index contributed by atoms with van der Waals surface area (Å²) in [6.07, 6.45) is 3.49. The summed E-state index contributed by atoms with van der Waals surface area (Å²) in [4.78, 5) is 14.6. The second kappa shape index (κ2) is 6.56. The van der Waals surface area contributed by atoms with Crippen LogP contribution in [0.15, 0.2) is 48.8 Å². The molecule has 2 heterocycles. The summed E-state index contributed by atoms with van der Waals surface area (Å²) < 4.78 is 0. The molecule has 2 aromatic heterocycles. The average Bonchev–Trinajstić information content (AvgIpc) is 2.99. The zero-order valence-corrected chi connectivity index (χ0v) is 12.6. The molecule has 0 radical (unpaired) electrons. The van der Waals surface area contributed by atoms with Gasteiger partial charge in [-0.05, 0) is 12.6 Å². The van der Waals surface area contributed by atoms with Crippen molar-refractivity contribution in [3.63, 3.8) is 0 Å². The van der Waals surface area contributed by atoms with Gasteiger partial charge in [0.05, 0.1) is 5.69 Å². The molecule has 0 aliphatic rings. The summed E-state index contributed by atoms with van der Waals surface area (Å²) in [5.74, 6) is 0.683. The first-order valence-corrected chi connectivity index (χ1v) is 7.73. The average molecular weight is 296 g/mol. The van der Waals surface area contributed by atoms with E-state index in [0.717, 1.165) is 29.4 Å². The Morgan fingerprint density at radius 1 is 1.05 bits per heavy atom. The minimum absolute atomic E-state index is 0.683.